The average molecular weight is 259 g/mol. The Labute approximate surface area is 109 Å². The van der Waals surface area contributed by atoms with Crippen molar-refractivity contribution < 1.29 is 14.7 Å². The summed E-state index contributed by atoms with van der Waals surface area (Å²) in [6, 6.07) is -0.188. The van der Waals surface area contributed by atoms with Crippen molar-refractivity contribution in [1.29, 1.82) is 0 Å². The number of amides is 2. The molecule has 0 aromatic heterocycles. The third kappa shape index (κ3) is 11.2. The summed E-state index contributed by atoms with van der Waals surface area (Å²) in [4.78, 5) is 21.7. The smallest absolute Gasteiger partial charge is 0.314 e. The minimum Gasteiger partial charge on any atom is -0.481 e. The maximum atomic E-state index is 11.4. The fourth-order valence-electron chi connectivity index (χ4n) is 1.50. The zero-order chi connectivity index (χ0) is 13.8. The van der Waals surface area contributed by atoms with Crippen LogP contribution in [0.3, 0.4) is 0 Å². The number of carbonyl (C=O) groups excluding carboxylic acids is 1. The normalized spacial score (nSPS) is 11.9. The van der Waals surface area contributed by atoms with E-state index in [1.54, 1.807) is 0 Å². The molecule has 0 radical (unpaired) electrons. The summed E-state index contributed by atoms with van der Waals surface area (Å²) < 4.78 is 0. The summed E-state index contributed by atoms with van der Waals surface area (Å²) in [6.07, 6.45) is 2.30. The zero-order valence-corrected chi connectivity index (χ0v) is 11.3. The number of hydrogen-bond acceptors (Lipinski definition) is 3. The lowest BCUT2D eigenvalue weighted by Crippen LogP contribution is -2.41. The lowest BCUT2D eigenvalue weighted by atomic mass is 10.1. The minimum atomic E-state index is -0.796. The quantitative estimate of drug-likeness (QED) is 0.439. The van der Waals surface area contributed by atoms with E-state index < -0.39 is 5.97 Å². The van der Waals surface area contributed by atoms with Gasteiger partial charge in [0, 0.05) is 19.0 Å². The molecule has 0 rings (SSSR count). The van der Waals surface area contributed by atoms with Crippen molar-refractivity contribution >= 4 is 12.0 Å². The SMILES string of the molecule is CCNCCCNC(=O)NC(C)CCCC(=O)O. The van der Waals surface area contributed by atoms with Crippen LogP contribution in [0.2, 0.25) is 0 Å². The van der Waals surface area contributed by atoms with E-state index in [0.717, 1.165) is 19.5 Å². The fraction of sp³-hybridized carbons (Fsp3) is 0.833. The molecule has 0 saturated carbocycles. The van der Waals surface area contributed by atoms with Crippen molar-refractivity contribution in [2.75, 3.05) is 19.6 Å². The van der Waals surface area contributed by atoms with Gasteiger partial charge in [0.2, 0.25) is 0 Å². The summed E-state index contributed by atoms with van der Waals surface area (Å²) in [5.41, 5.74) is 0. The third-order valence-electron chi connectivity index (χ3n) is 2.47. The molecule has 0 saturated heterocycles. The van der Waals surface area contributed by atoms with Crippen LogP contribution < -0.4 is 16.0 Å². The van der Waals surface area contributed by atoms with Gasteiger partial charge in [-0.1, -0.05) is 6.92 Å². The number of hydrogen-bond donors (Lipinski definition) is 4. The van der Waals surface area contributed by atoms with Gasteiger partial charge in [0.1, 0.15) is 0 Å². The van der Waals surface area contributed by atoms with Crippen LogP contribution in [0.15, 0.2) is 0 Å². The molecule has 0 aliphatic carbocycles. The van der Waals surface area contributed by atoms with E-state index in [-0.39, 0.29) is 18.5 Å². The van der Waals surface area contributed by atoms with Gasteiger partial charge in [-0.25, -0.2) is 4.79 Å². The van der Waals surface area contributed by atoms with Gasteiger partial charge in [0.25, 0.3) is 0 Å². The maximum absolute atomic E-state index is 11.4. The van der Waals surface area contributed by atoms with Gasteiger partial charge >= 0.3 is 12.0 Å². The highest BCUT2D eigenvalue weighted by molar-refractivity contribution is 5.74. The molecule has 0 aromatic rings. The van der Waals surface area contributed by atoms with E-state index in [1.165, 1.54) is 0 Å². The predicted octanol–water partition coefficient (Wildman–Crippen LogP) is 0.929. The Morgan fingerprint density at radius 1 is 1.22 bits per heavy atom. The third-order valence-corrected chi connectivity index (χ3v) is 2.47. The first-order valence-electron chi connectivity index (χ1n) is 6.53. The number of carbonyl (C=O) groups is 2. The topological polar surface area (TPSA) is 90.5 Å². The zero-order valence-electron chi connectivity index (χ0n) is 11.3. The summed E-state index contributed by atoms with van der Waals surface area (Å²) in [6.45, 7) is 6.39. The van der Waals surface area contributed by atoms with Crippen LogP contribution in [0, 0.1) is 0 Å². The molecule has 1 unspecified atom stereocenters. The Balaban J connectivity index is 3.46. The Morgan fingerprint density at radius 2 is 1.94 bits per heavy atom. The molecule has 4 N–H and O–H groups in total. The van der Waals surface area contributed by atoms with Crippen LogP contribution in [-0.2, 0) is 4.79 Å². The van der Waals surface area contributed by atoms with E-state index >= 15 is 0 Å². The number of rotatable bonds is 10. The molecule has 0 fully saturated rings. The van der Waals surface area contributed by atoms with Gasteiger partial charge in [-0.05, 0) is 39.3 Å². The highest BCUT2D eigenvalue weighted by Gasteiger charge is 2.07. The van der Waals surface area contributed by atoms with E-state index in [1.807, 2.05) is 13.8 Å². The Hall–Kier alpha value is -1.30. The molecular weight excluding hydrogens is 234 g/mol. The van der Waals surface area contributed by atoms with Gasteiger partial charge in [-0.15, -0.1) is 0 Å². The molecule has 0 aromatic carbocycles. The molecule has 18 heavy (non-hydrogen) atoms. The fourth-order valence-corrected chi connectivity index (χ4v) is 1.50. The van der Waals surface area contributed by atoms with Crippen molar-refractivity contribution in [3.05, 3.63) is 0 Å². The summed E-state index contributed by atoms with van der Waals surface area (Å²) >= 11 is 0. The maximum Gasteiger partial charge on any atom is 0.314 e. The lowest BCUT2D eigenvalue weighted by Gasteiger charge is -2.14. The largest absolute Gasteiger partial charge is 0.481 e. The van der Waals surface area contributed by atoms with E-state index in [0.29, 0.717) is 19.4 Å². The molecule has 6 heteroatoms. The predicted molar refractivity (Wildman–Crippen MR) is 70.6 cm³/mol. The molecule has 1 atom stereocenters. The van der Waals surface area contributed by atoms with Crippen LogP contribution >= 0.6 is 0 Å². The molecule has 0 aliphatic heterocycles. The second-order valence-electron chi connectivity index (χ2n) is 4.29. The average Bonchev–Trinajstić information content (AvgIpc) is 2.28. The van der Waals surface area contributed by atoms with Gasteiger partial charge in [-0.2, -0.15) is 0 Å². The Morgan fingerprint density at radius 3 is 2.56 bits per heavy atom. The van der Waals surface area contributed by atoms with Gasteiger partial charge < -0.3 is 21.1 Å². The lowest BCUT2D eigenvalue weighted by molar-refractivity contribution is -0.137. The molecule has 106 valence electrons. The van der Waals surface area contributed by atoms with Crippen LogP contribution in [0.25, 0.3) is 0 Å². The summed E-state index contributed by atoms with van der Waals surface area (Å²) in [5.74, 6) is -0.796. The molecule has 2 amide bonds. The van der Waals surface area contributed by atoms with Gasteiger partial charge in [0.05, 0.1) is 0 Å². The number of urea groups is 1. The van der Waals surface area contributed by atoms with Crippen molar-refractivity contribution in [2.24, 2.45) is 0 Å². The molecule has 0 heterocycles. The first-order valence-corrected chi connectivity index (χ1v) is 6.53. The number of carboxylic acids is 1. The van der Waals surface area contributed by atoms with Crippen LogP contribution in [0.5, 0.6) is 0 Å². The van der Waals surface area contributed by atoms with Crippen LogP contribution in [0.1, 0.15) is 39.5 Å². The molecule has 0 aliphatic rings. The molecular formula is C12H25N3O3. The number of aliphatic carboxylic acids is 1. The van der Waals surface area contributed by atoms with Crippen molar-refractivity contribution in [1.82, 2.24) is 16.0 Å². The van der Waals surface area contributed by atoms with Crippen LogP contribution in [-0.4, -0.2) is 42.8 Å². The molecule has 6 nitrogen and oxygen atoms in total. The Bertz CT molecular complexity index is 247. The van der Waals surface area contributed by atoms with Gasteiger partial charge in [0.15, 0.2) is 0 Å². The van der Waals surface area contributed by atoms with Crippen molar-refractivity contribution in [2.45, 2.75) is 45.6 Å². The van der Waals surface area contributed by atoms with E-state index in [4.69, 9.17) is 5.11 Å². The van der Waals surface area contributed by atoms with Crippen molar-refractivity contribution in [3.8, 4) is 0 Å². The first kappa shape index (κ1) is 16.7. The summed E-state index contributed by atoms with van der Waals surface area (Å²) in [5, 5.41) is 17.2. The second kappa shape index (κ2) is 10.8. The molecule has 0 bridgehead atoms. The monoisotopic (exact) mass is 259 g/mol. The van der Waals surface area contributed by atoms with Gasteiger partial charge in [-0.3, -0.25) is 4.79 Å². The highest BCUT2D eigenvalue weighted by atomic mass is 16.4. The van der Waals surface area contributed by atoms with E-state index in [9.17, 15) is 9.59 Å². The summed E-state index contributed by atoms with van der Waals surface area (Å²) in [7, 11) is 0. The Kier molecular flexibility index (Phi) is 10.0. The first-order chi connectivity index (χ1) is 8.56. The number of carboxylic acid groups (broad SMARTS) is 1. The minimum absolute atomic E-state index is 0.00174. The van der Waals surface area contributed by atoms with E-state index in [2.05, 4.69) is 16.0 Å². The molecule has 0 spiro atoms. The number of nitrogens with one attached hydrogen (secondary N) is 3. The van der Waals surface area contributed by atoms with Crippen molar-refractivity contribution in [3.63, 3.8) is 0 Å². The highest BCUT2D eigenvalue weighted by Crippen LogP contribution is 2.00. The van der Waals surface area contributed by atoms with Crippen LogP contribution in [0.4, 0.5) is 4.79 Å². The standard InChI is InChI=1S/C12H25N3O3/c1-3-13-8-5-9-14-12(18)15-10(2)6-4-7-11(16)17/h10,13H,3-9H2,1-2H3,(H,16,17)(H2,14,15,18). The second-order valence-corrected chi connectivity index (χ2v) is 4.29.